The predicted molar refractivity (Wildman–Crippen MR) is 75.0 cm³/mol. The van der Waals surface area contributed by atoms with E-state index in [0.717, 1.165) is 6.07 Å². The molecule has 0 bridgehead atoms. The van der Waals surface area contributed by atoms with Crippen LogP contribution in [-0.2, 0) is 14.3 Å². The minimum atomic E-state index is -0.661. The summed E-state index contributed by atoms with van der Waals surface area (Å²) in [4.78, 5) is 34.9. The Bertz CT molecular complexity index is 634. The Morgan fingerprint density at radius 1 is 1.57 bits per heavy atom. The first kappa shape index (κ1) is 15.0. The monoisotopic (exact) mass is 313 g/mol. The van der Waals surface area contributed by atoms with Gasteiger partial charge in [-0.2, -0.15) is 0 Å². The zero-order chi connectivity index (χ0) is 15.7. The van der Waals surface area contributed by atoms with Crippen molar-refractivity contribution in [2.24, 2.45) is 5.92 Å². The Morgan fingerprint density at radius 3 is 2.81 bits per heavy atom. The van der Waals surface area contributed by atoms with E-state index in [0.29, 0.717) is 0 Å². The molecule has 0 radical (unpaired) electrons. The largest absolute Gasteiger partial charge is 0.469 e. The van der Waals surface area contributed by atoms with E-state index in [1.54, 1.807) is 0 Å². The van der Waals surface area contributed by atoms with Crippen LogP contribution in [0.15, 0.2) is 12.1 Å². The first-order valence-corrected chi connectivity index (χ1v) is 6.34. The minimum Gasteiger partial charge on any atom is -0.469 e. The fourth-order valence-corrected chi connectivity index (χ4v) is 2.43. The van der Waals surface area contributed by atoms with Gasteiger partial charge < -0.3 is 15.4 Å². The average Bonchev–Trinajstić information content (AvgIpc) is 2.81. The van der Waals surface area contributed by atoms with Crippen LogP contribution in [0.2, 0.25) is 5.02 Å². The molecule has 0 aromatic heterocycles. The summed E-state index contributed by atoms with van der Waals surface area (Å²) in [6.45, 7) is 0.101. The summed E-state index contributed by atoms with van der Waals surface area (Å²) >= 11 is 5.82. The number of esters is 1. The van der Waals surface area contributed by atoms with E-state index < -0.39 is 16.8 Å². The van der Waals surface area contributed by atoms with Crippen molar-refractivity contribution in [1.29, 1.82) is 0 Å². The molecule has 2 rings (SSSR count). The summed E-state index contributed by atoms with van der Waals surface area (Å²) in [5.41, 5.74) is 5.71. The van der Waals surface area contributed by atoms with E-state index in [1.165, 1.54) is 18.1 Å². The second-order valence-corrected chi connectivity index (χ2v) is 4.96. The molecule has 0 aliphatic carbocycles. The number of nitro benzene ring substituents is 1. The zero-order valence-electron chi connectivity index (χ0n) is 11.0. The molecule has 1 aromatic carbocycles. The van der Waals surface area contributed by atoms with E-state index in [-0.39, 0.29) is 41.0 Å². The molecule has 1 heterocycles. The molecule has 8 nitrogen and oxygen atoms in total. The van der Waals surface area contributed by atoms with Gasteiger partial charge in [-0.25, -0.2) is 0 Å². The van der Waals surface area contributed by atoms with E-state index in [4.69, 9.17) is 17.3 Å². The molecule has 1 unspecified atom stereocenters. The van der Waals surface area contributed by atoms with E-state index >= 15 is 0 Å². The Kier molecular flexibility index (Phi) is 3.99. The lowest BCUT2D eigenvalue weighted by molar-refractivity contribution is -0.384. The molecule has 0 saturated carbocycles. The predicted octanol–water partition coefficient (Wildman–Crippen LogP) is 1.36. The lowest BCUT2D eigenvalue weighted by Crippen LogP contribution is -2.27. The third-order valence-corrected chi connectivity index (χ3v) is 3.55. The maximum atomic E-state index is 12.0. The number of hydrogen-bond acceptors (Lipinski definition) is 6. The number of amides is 1. The van der Waals surface area contributed by atoms with Crippen LogP contribution in [0.1, 0.15) is 6.42 Å². The van der Waals surface area contributed by atoms with Crippen LogP contribution < -0.4 is 10.6 Å². The summed E-state index contributed by atoms with van der Waals surface area (Å²) in [6, 6.07) is 2.35. The normalized spacial score (nSPS) is 17.9. The number of nitro groups is 1. The molecule has 1 fully saturated rings. The molecule has 1 aliphatic rings. The molecule has 1 aliphatic heterocycles. The van der Waals surface area contributed by atoms with E-state index in [9.17, 15) is 19.7 Å². The van der Waals surface area contributed by atoms with Crippen LogP contribution >= 0.6 is 11.6 Å². The molecule has 2 N–H and O–H groups in total. The summed E-state index contributed by atoms with van der Waals surface area (Å²) in [5, 5.41) is 10.6. The van der Waals surface area contributed by atoms with Gasteiger partial charge in [0.1, 0.15) is 5.02 Å². The highest BCUT2D eigenvalue weighted by molar-refractivity contribution is 6.33. The number of rotatable bonds is 3. The second kappa shape index (κ2) is 5.57. The van der Waals surface area contributed by atoms with Gasteiger partial charge >= 0.3 is 5.97 Å². The van der Waals surface area contributed by atoms with Gasteiger partial charge in [0.25, 0.3) is 5.69 Å². The van der Waals surface area contributed by atoms with Crippen LogP contribution in [0, 0.1) is 16.0 Å². The van der Waals surface area contributed by atoms with Crippen molar-refractivity contribution in [3.8, 4) is 0 Å². The first-order valence-electron chi connectivity index (χ1n) is 5.96. The number of halogens is 1. The minimum absolute atomic E-state index is 0.000714. The maximum absolute atomic E-state index is 12.0. The highest BCUT2D eigenvalue weighted by atomic mass is 35.5. The molecule has 9 heteroatoms. The van der Waals surface area contributed by atoms with Gasteiger partial charge in [0.15, 0.2) is 0 Å². The number of carbonyl (C=O) groups is 2. The fraction of sp³-hybridized carbons (Fsp3) is 0.333. The van der Waals surface area contributed by atoms with Crippen molar-refractivity contribution < 1.29 is 19.2 Å². The maximum Gasteiger partial charge on any atom is 0.311 e. The van der Waals surface area contributed by atoms with Crippen LogP contribution in [-0.4, -0.2) is 30.5 Å². The molecule has 21 heavy (non-hydrogen) atoms. The Labute approximate surface area is 124 Å². The Morgan fingerprint density at radius 2 is 2.24 bits per heavy atom. The van der Waals surface area contributed by atoms with Crippen LogP contribution in [0.5, 0.6) is 0 Å². The summed E-state index contributed by atoms with van der Waals surface area (Å²) in [7, 11) is 1.24. The number of methoxy groups -OCH3 is 1. The standard InChI is InChI=1S/C12H12ClN3O5/c1-21-12(18)6-2-11(17)15(5-6)10-3-7(13)9(16(19)20)4-8(10)14/h3-4,6H,2,5,14H2,1H3. The smallest absolute Gasteiger partial charge is 0.311 e. The van der Waals surface area contributed by atoms with Crippen molar-refractivity contribution >= 4 is 40.5 Å². The van der Waals surface area contributed by atoms with Gasteiger partial charge in [-0.3, -0.25) is 19.7 Å². The number of nitrogen functional groups attached to an aromatic ring is 1. The van der Waals surface area contributed by atoms with E-state index in [1.807, 2.05) is 0 Å². The van der Waals surface area contributed by atoms with Gasteiger partial charge in [0.05, 0.1) is 29.3 Å². The molecular weight excluding hydrogens is 302 g/mol. The van der Waals surface area contributed by atoms with Crippen molar-refractivity contribution in [3.63, 3.8) is 0 Å². The quantitative estimate of drug-likeness (QED) is 0.390. The first-order chi connectivity index (χ1) is 9.85. The number of nitrogens with zero attached hydrogens (tertiary/aromatic N) is 2. The summed E-state index contributed by atoms with van der Waals surface area (Å²) in [5.74, 6) is -1.39. The summed E-state index contributed by atoms with van der Waals surface area (Å²) in [6.07, 6.45) is 0.000714. The van der Waals surface area contributed by atoms with Crippen LogP contribution in [0.3, 0.4) is 0 Å². The molecule has 1 aromatic rings. The van der Waals surface area contributed by atoms with Gasteiger partial charge in [0, 0.05) is 19.0 Å². The Hall–Kier alpha value is -2.35. The second-order valence-electron chi connectivity index (χ2n) is 4.55. The van der Waals surface area contributed by atoms with Crippen molar-refractivity contribution in [2.75, 3.05) is 24.3 Å². The number of nitrogens with two attached hydrogens (primary N) is 1. The highest BCUT2D eigenvalue weighted by Crippen LogP contribution is 2.37. The lowest BCUT2D eigenvalue weighted by atomic mass is 10.1. The van der Waals surface area contributed by atoms with Crippen LogP contribution in [0.4, 0.5) is 17.1 Å². The molecular formula is C12H12ClN3O5. The molecule has 1 amide bonds. The number of carbonyl (C=O) groups excluding carboxylic acids is 2. The topological polar surface area (TPSA) is 116 Å². The fourth-order valence-electron chi connectivity index (χ4n) is 2.21. The van der Waals surface area contributed by atoms with Crippen molar-refractivity contribution in [2.45, 2.75) is 6.42 Å². The van der Waals surface area contributed by atoms with E-state index in [2.05, 4.69) is 4.74 Å². The number of anilines is 2. The molecule has 112 valence electrons. The van der Waals surface area contributed by atoms with Gasteiger partial charge in [-0.05, 0) is 6.07 Å². The number of benzene rings is 1. The average molecular weight is 314 g/mol. The zero-order valence-corrected chi connectivity index (χ0v) is 11.8. The molecule has 1 saturated heterocycles. The lowest BCUT2D eigenvalue weighted by Gasteiger charge is -2.18. The van der Waals surface area contributed by atoms with Crippen LogP contribution in [0.25, 0.3) is 0 Å². The highest BCUT2D eigenvalue weighted by Gasteiger charge is 2.37. The molecule has 1 atom stereocenters. The van der Waals surface area contributed by atoms with Gasteiger partial charge in [0.2, 0.25) is 5.91 Å². The third-order valence-electron chi connectivity index (χ3n) is 3.24. The van der Waals surface area contributed by atoms with Crippen molar-refractivity contribution in [1.82, 2.24) is 0 Å². The third kappa shape index (κ3) is 2.75. The van der Waals surface area contributed by atoms with Gasteiger partial charge in [-0.15, -0.1) is 0 Å². The van der Waals surface area contributed by atoms with Gasteiger partial charge in [-0.1, -0.05) is 11.6 Å². The SMILES string of the molecule is COC(=O)C1CC(=O)N(c2cc(Cl)c([N+](=O)[O-])cc2N)C1. The number of ether oxygens (including phenoxy) is 1. The summed E-state index contributed by atoms with van der Waals surface area (Å²) < 4.78 is 4.61. The Balaban J connectivity index is 2.35. The molecule has 0 spiro atoms. The van der Waals surface area contributed by atoms with Crippen molar-refractivity contribution in [3.05, 3.63) is 27.3 Å². The number of hydrogen-bond donors (Lipinski definition) is 1.